The van der Waals surface area contributed by atoms with Gasteiger partial charge in [0.2, 0.25) is 0 Å². The molecule has 148 valence electrons. The van der Waals surface area contributed by atoms with E-state index in [1.54, 1.807) is 24.5 Å². The number of carboxylic acid groups (broad SMARTS) is 1. The number of rotatable bonds is 7. The van der Waals surface area contributed by atoms with Crippen molar-refractivity contribution < 1.29 is 19.4 Å². The molecule has 3 rings (SSSR count). The van der Waals surface area contributed by atoms with E-state index in [1.807, 2.05) is 42.5 Å². The molecule has 1 amide bonds. The molecule has 0 fully saturated rings. The number of halogens is 1. The lowest BCUT2D eigenvalue weighted by Crippen LogP contribution is -2.42. The second-order valence-electron chi connectivity index (χ2n) is 6.22. The van der Waals surface area contributed by atoms with Gasteiger partial charge in [-0.05, 0) is 27.1 Å². The molecule has 1 aromatic heterocycles. The van der Waals surface area contributed by atoms with E-state index in [1.165, 1.54) is 0 Å². The fraction of sp³-hybridized carbons (Fsp3) is 0.143. The summed E-state index contributed by atoms with van der Waals surface area (Å²) >= 11 is 3.29. The van der Waals surface area contributed by atoms with Crippen LogP contribution in [-0.2, 0) is 22.6 Å². The second-order valence-corrected chi connectivity index (χ2v) is 7.14. The minimum absolute atomic E-state index is 0.0703. The third-order valence-corrected chi connectivity index (χ3v) is 4.48. The largest absolute Gasteiger partial charge is 0.480 e. The zero-order valence-electron chi connectivity index (χ0n) is 15.3. The summed E-state index contributed by atoms with van der Waals surface area (Å²) in [5.41, 5.74) is 2.38. The van der Waals surface area contributed by atoms with E-state index in [0.29, 0.717) is 5.82 Å². The van der Waals surface area contributed by atoms with E-state index in [4.69, 9.17) is 4.74 Å². The second kappa shape index (κ2) is 9.79. The normalized spacial score (nSPS) is 11.5. The van der Waals surface area contributed by atoms with E-state index in [-0.39, 0.29) is 13.0 Å². The van der Waals surface area contributed by atoms with Crippen molar-refractivity contribution in [2.24, 2.45) is 0 Å². The highest BCUT2D eigenvalue weighted by molar-refractivity contribution is 9.10. The van der Waals surface area contributed by atoms with Gasteiger partial charge in [-0.25, -0.2) is 19.6 Å². The number of amides is 1. The fourth-order valence-corrected chi connectivity index (χ4v) is 2.80. The van der Waals surface area contributed by atoms with Gasteiger partial charge in [0.15, 0.2) is 5.82 Å². The number of benzene rings is 2. The van der Waals surface area contributed by atoms with Crippen LogP contribution in [0.1, 0.15) is 11.1 Å². The standard InChI is InChI=1S/C21H18BrN3O4/c22-17-11-23-19(24-12-17)16-8-6-14(7-9-16)10-18(20(26)27)25-21(28)29-13-15-4-2-1-3-5-15/h1-9,11-12,18H,10,13H2,(H,25,28)(H,26,27)/t18-/m1/s1. The molecule has 0 bridgehead atoms. The Kier molecular flexibility index (Phi) is 6.91. The van der Waals surface area contributed by atoms with Crippen molar-refractivity contribution in [2.75, 3.05) is 0 Å². The van der Waals surface area contributed by atoms with Crippen LogP contribution < -0.4 is 5.32 Å². The maximum absolute atomic E-state index is 12.0. The molecule has 7 nitrogen and oxygen atoms in total. The van der Waals surface area contributed by atoms with Crippen LogP contribution >= 0.6 is 15.9 Å². The zero-order chi connectivity index (χ0) is 20.6. The third-order valence-electron chi connectivity index (χ3n) is 4.08. The number of hydrogen-bond acceptors (Lipinski definition) is 5. The Morgan fingerprint density at radius 1 is 1.00 bits per heavy atom. The molecule has 0 saturated heterocycles. The average molecular weight is 456 g/mol. The number of ether oxygens (including phenoxy) is 1. The number of carbonyl (C=O) groups is 2. The highest BCUT2D eigenvalue weighted by Crippen LogP contribution is 2.17. The van der Waals surface area contributed by atoms with Crippen molar-refractivity contribution in [2.45, 2.75) is 19.1 Å². The Labute approximate surface area is 175 Å². The molecule has 1 heterocycles. The van der Waals surface area contributed by atoms with Gasteiger partial charge in [-0.1, -0.05) is 54.6 Å². The number of carboxylic acids is 1. The summed E-state index contributed by atoms with van der Waals surface area (Å²) < 4.78 is 5.88. The van der Waals surface area contributed by atoms with Crippen LogP contribution in [0.5, 0.6) is 0 Å². The SMILES string of the molecule is O=C(N[C@H](Cc1ccc(-c2ncc(Br)cn2)cc1)C(=O)O)OCc1ccccc1. The highest BCUT2D eigenvalue weighted by Gasteiger charge is 2.21. The maximum Gasteiger partial charge on any atom is 0.408 e. The van der Waals surface area contributed by atoms with Gasteiger partial charge < -0.3 is 15.2 Å². The first kappa shape index (κ1) is 20.5. The first-order valence-electron chi connectivity index (χ1n) is 8.78. The molecule has 29 heavy (non-hydrogen) atoms. The number of aliphatic carboxylic acids is 1. The zero-order valence-corrected chi connectivity index (χ0v) is 16.9. The first-order chi connectivity index (χ1) is 14.0. The quantitative estimate of drug-likeness (QED) is 0.561. The van der Waals surface area contributed by atoms with E-state index < -0.39 is 18.1 Å². The van der Waals surface area contributed by atoms with Gasteiger partial charge in [0.25, 0.3) is 0 Å². The van der Waals surface area contributed by atoms with Crippen molar-refractivity contribution in [1.29, 1.82) is 0 Å². The van der Waals surface area contributed by atoms with Gasteiger partial charge in [-0.3, -0.25) is 0 Å². The summed E-state index contributed by atoms with van der Waals surface area (Å²) in [6, 6.07) is 15.2. The van der Waals surface area contributed by atoms with Gasteiger partial charge in [0.1, 0.15) is 12.6 Å². The molecule has 0 radical (unpaired) electrons. The van der Waals surface area contributed by atoms with Gasteiger partial charge >= 0.3 is 12.1 Å². The van der Waals surface area contributed by atoms with Crippen LogP contribution in [0.2, 0.25) is 0 Å². The van der Waals surface area contributed by atoms with Crippen LogP contribution in [-0.4, -0.2) is 33.2 Å². The first-order valence-corrected chi connectivity index (χ1v) is 9.57. The monoisotopic (exact) mass is 455 g/mol. The molecule has 2 aromatic carbocycles. The molecule has 0 saturated carbocycles. The summed E-state index contributed by atoms with van der Waals surface area (Å²) in [6.07, 6.45) is 2.65. The average Bonchev–Trinajstić information content (AvgIpc) is 2.73. The Bertz CT molecular complexity index is 963. The summed E-state index contributed by atoms with van der Waals surface area (Å²) in [5.74, 6) is -0.570. The molecule has 0 aliphatic carbocycles. The van der Waals surface area contributed by atoms with Crippen molar-refractivity contribution >= 4 is 28.0 Å². The summed E-state index contributed by atoms with van der Waals surface area (Å²) in [5, 5.41) is 11.8. The topological polar surface area (TPSA) is 101 Å². The molecule has 1 atom stereocenters. The van der Waals surface area contributed by atoms with Crippen LogP contribution in [0.15, 0.2) is 71.5 Å². The number of nitrogens with zero attached hydrogens (tertiary/aromatic N) is 2. The van der Waals surface area contributed by atoms with E-state index in [2.05, 4.69) is 31.2 Å². The number of alkyl carbamates (subject to hydrolysis) is 1. The predicted molar refractivity (Wildman–Crippen MR) is 110 cm³/mol. The molecule has 0 spiro atoms. The van der Waals surface area contributed by atoms with Gasteiger partial charge in [0, 0.05) is 24.4 Å². The van der Waals surface area contributed by atoms with Crippen molar-refractivity contribution in [3.8, 4) is 11.4 Å². The smallest absolute Gasteiger partial charge is 0.408 e. The summed E-state index contributed by atoms with van der Waals surface area (Å²) in [6.45, 7) is 0.0703. The van der Waals surface area contributed by atoms with Crippen LogP contribution in [0.3, 0.4) is 0 Å². The Balaban J connectivity index is 1.59. The van der Waals surface area contributed by atoms with Crippen molar-refractivity contribution in [3.63, 3.8) is 0 Å². The number of nitrogens with one attached hydrogen (secondary N) is 1. The number of aromatic nitrogens is 2. The molecule has 0 unspecified atom stereocenters. The fourth-order valence-electron chi connectivity index (χ4n) is 2.59. The number of hydrogen-bond donors (Lipinski definition) is 2. The predicted octanol–water partition coefficient (Wildman–Crippen LogP) is 3.83. The van der Waals surface area contributed by atoms with Gasteiger partial charge in [0.05, 0.1) is 4.47 Å². The summed E-state index contributed by atoms with van der Waals surface area (Å²) in [7, 11) is 0. The van der Waals surface area contributed by atoms with E-state index >= 15 is 0 Å². The van der Waals surface area contributed by atoms with E-state index in [9.17, 15) is 14.7 Å². The molecule has 0 aliphatic heterocycles. The molecular formula is C21H18BrN3O4. The Hall–Kier alpha value is -3.26. The Morgan fingerprint density at radius 3 is 2.28 bits per heavy atom. The highest BCUT2D eigenvalue weighted by atomic mass is 79.9. The summed E-state index contributed by atoms with van der Waals surface area (Å²) in [4.78, 5) is 32.0. The lowest BCUT2D eigenvalue weighted by molar-refractivity contribution is -0.139. The molecular weight excluding hydrogens is 438 g/mol. The lowest BCUT2D eigenvalue weighted by Gasteiger charge is -2.15. The van der Waals surface area contributed by atoms with Gasteiger partial charge in [-0.2, -0.15) is 0 Å². The van der Waals surface area contributed by atoms with Crippen molar-refractivity contribution in [1.82, 2.24) is 15.3 Å². The molecule has 0 aliphatic rings. The van der Waals surface area contributed by atoms with E-state index in [0.717, 1.165) is 21.2 Å². The van der Waals surface area contributed by atoms with Crippen LogP contribution in [0.25, 0.3) is 11.4 Å². The van der Waals surface area contributed by atoms with Crippen molar-refractivity contribution in [3.05, 3.63) is 82.6 Å². The minimum atomic E-state index is -1.14. The van der Waals surface area contributed by atoms with Crippen LogP contribution in [0.4, 0.5) is 4.79 Å². The molecule has 3 aromatic rings. The van der Waals surface area contributed by atoms with Crippen LogP contribution in [0, 0.1) is 0 Å². The molecule has 8 heteroatoms. The minimum Gasteiger partial charge on any atom is -0.480 e. The number of carbonyl (C=O) groups excluding carboxylic acids is 1. The third kappa shape index (κ3) is 6.11. The lowest BCUT2D eigenvalue weighted by atomic mass is 10.0. The molecule has 2 N–H and O–H groups in total. The van der Waals surface area contributed by atoms with Gasteiger partial charge in [-0.15, -0.1) is 0 Å². The maximum atomic E-state index is 12.0. The Morgan fingerprint density at radius 2 is 1.66 bits per heavy atom.